The molecule has 0 saturated heterocycles. The van der Waals surface area contributed by atoms with Gasteiger partial charge in [-0.25, -0.2) is 0 Å². The molecule has 1 aliphatic rings. The lowest BCUT2D eigenvalue weighted by atomic mass is 9.91. The average molecular weight is 231 g/mol. The molecule has 0 aromatic carbocycles. The summed E-state index contributed by atoms with van der Waals surface area (Å²) >= 11 is 0. The first-order valence-corrected chi connectivity index (χ1v) is 6.58. The van der Waals surface area contributed by atoms with E-state index in [-0.39, 0.29) is 0 Å². The fraction of sp³-hybridized carbons (Fsp3) is 0.643. The van der Waals surface area contributed by atoms with Crippen molar-refractivity contribution >= 4 is 0 Å². The Labute approximate surface area is 103 Å². The van der Waals surface area contributed by atoms with E-state index in [1.54, 1.807) is 0 Å². The highest BCUT2D eigenvalue weighted by atomic mass is 15.0. The lowest BCUT2D eigenvalue weighted by molar-refractivity contribution is 0.498. The second-order valence-electron chi connectivity index (χ2n) is 4.83. The summed E-state index contributed by atoms with van der Waals surface area (Å²) in [7, 11) is 2.05. The molecule has 1 aromatic heterocycles. The third kappa shape index (κ3) is 2.89. The molecule has 1 aromatic rings. The molecule has 1 heterocycles. The number of nitrogens with one attached hydrogen (secondary N) is 1. The van der Waals surface area contributed by atoms with Crippen molar-refractivity contribution in [2.75, 3.05) is 7.05 Å². The smallest absolute Gasteiger partial charge is 0.0621 e. The summed E-state index contributed by atoms with van der Waals surface area (Å²) in [6.45, 7) is 1.05. The van der Waals surface area contributed by atoms with Crippen molar-refractivity contribution in [3.05, 3.63) is 23.5 Å². The van der Waals surface area contributed by atoms with Gasteiger partial charge < -0.3 is 9.88 Å². The first kappa shape index (κ1) is 12.2. The zero-order valence-corrected chi connectivity index (χ0v) is 10.6. The van der Waals surface area contributed by atoms with Crippen LogP contribution in [-0.4, -0.2) is 11.6 Å². The molecule has 0 fully saturated rings. The Kier molecular flexibility index (Phi) is 4.22. The maximum atomic E-state index is 8.50. The monoisotopic (exact) mass is 231 g/mol. The van der Waals surface area contributed by atoms with Crippen LogP contribution in [0.3, 0.4) is 0 Å². The Balaban J connectivity index is 1.97. The average Bonchev–Trinajstić information content (AvgIpc) is 2.77. The number of aromatic nitrogens is 1. The van der Waals surface area contributed by atoms with Crippen LogP contribution in [0, 0.1) is 11.3 Å². The van der Waals surface area contributed by atoms with Crippen LogP contribution < -0.4 is 5.32 Å². The minimum Gasteiger partial charge on any atom is -0.354 e. The molecule has 0 saturated carbocycles. The zero-order chi connectivity index (χ0) is 12.1. The van der Waals surface area contributed by atoms with E-state index in [1.165, 1.54) is 30.4 Å². The van der Waals surface area contributed by atoms with E-state index in [0.29, 0.717) is 12.5 Å². The van der Waals surface area contributed by atoms with E-state index in [9.17, 15) is 0 Å². The van der Waals surface area contributed by atoms with Crippen molar-refractivity contribution in [1.29, 1.82) is 5.26 Å². The van der Waals surface area contributed by atoms with Crippen molar-refractivity contribution in [3.63, 3.8) is 0 Å². The van der Waals surface area contributed by atoms with Crippen LogP contribution >= 0.6 is 0 Å². The molecule has 3 heteroatoms. The molecule has 1 aliphatic carbocycles. The van der Waals surface area contributed by atoms with Gasteiger partial charge in [-0.15, -0.1) is 0 Å². The predicted octanol–water partition coefficient (Wildman–Crippen LogP) is 2.78. The standard InChI is InChI=1S/C14H21N3/c1-16-14-7-5-6-12-10-17(11-13(12)14)9-4-2-3-8-15/h10-11,14,16H,2-7,9H2,1H3. The van der Waals surface area contributed by atoms with E-state index >= 15 is 0 Å². The molecule has 0 spiro atoms. The molecular formula is C14H21N3. The summed E-state index contributed by atoms with van der Waals surface area (Å²) in [5.41, 5.74) is 3.00. The Hall–Kier alpha value is -1.27. The SMILES string of the molecule is CNC1CCCc2cn(CCCCC#N)cc21. The lowest BCUT2D eigenvalue weighted by Crippen LogP contribution is -2.20. The van der Waals surface area contributed by atoms with Crippen molar-refractivity contribution < 1.29 is 0 Å². The van der Waals surface area contributed by atoms with Gasteiger partial charge in [0, 0.05) is 31.4 Å². The topological polar surface area (TPSA) is 40.8 Å². The maximum Gasteiger partial charge on any atom is 0.0621 e. The minimum absolute atomic E-state index is 0.541. The van der Waals surface area contributed by atoms with Crippen molar-refractivity contribution in [2.24, 2.45) is 0 Å². The van der Waals surface area contributed by atoms with Gasteiger partial charge in [-0.05, 0) is 50.3 Å². The van der Waals surface area contributed by atoms with Crippen LogP contribution in [0.2, 0.25) is 0 Å². The molecule has 1 N–H and O–H groups in total. The van der Waals surface area contributed by atoms with Gasteiger partial charge in [-0.3, -0.25) is 0 Å². The van der Waals surface area contributed by atoms with Gasteiger partial charge in [0.15, 0.2) is 0 Å². The molecular weight excluding hydrogens is 210 g/mol. The largest absolute Gasteiger partial charge is 0.354 e. The summed E-state index contributed by atoms with van der Waals surface area (Å²) in [5.74, 6) is 0. The Morgan fingerprint density at radius 2 is 2.35 bits per heavy atom. The van der Waals surface area contributed by atoms with Crippen molar-refractivity contribution in [2.45, 2.75) is 51.1 Å². The first-order valence-electron chi connectivity index (χ1n) is 6.58. The molecule has 0 amide bonds. The summed E-state index contributed by atoms with van der Waals surface area (Å²) in [6.07, 6.45) is 11.1. The Morgan fingerprint density at radius 3 is 3.12 bits per heavy atom. The number of nitrogens with zero attached hydrogens (tertiary/aromatic N) is 2. The number of hydrogen-bond acceptors (Lipinski definition) is 2. The van der Waals surface area contributed by atoms with E-state index < -0.39 is 0 Å². The van der Waals surface area contributed by atoms with Gasteiger partial charge in [0.05, 0.1) is 6.07 Å². The highest BCUT2D eigenvalue weighted by molar-refractivity contribution is 5.30. The number of hydrogen-bond donors (Lipinski definition) is 1. The normalized spacial score (nSPS) is 18.7. The van der Waals surface area contributed by atoms with E-state index in [1.807, 2.05) is 7.05 Å². The quantitative estimate of drug-likeness (QED) is 0.792. The molecule has 2 rings (SSSR count). The van der Waals surface area contributed by atoms with Gasteiger partial charge in [0.25, 0.3) is 0 Å². The molecule has 0 bridgehead atoms. The third-order valence-electron chi connectivity index (χ3n) is 3.62. The van der Waals surface area contributed by atoms with Crippen molar-refractivity contribution in [3.8, 4) is 6.07 Å². The van der Waals surface area contributed by atoms with Crippen LogP contribution in [-0.2, 0) is 13.0 Å². The molecule has 1 unspecified atom stereocenters. The van der Waals surface area contributed by atoms with Gasteiger partial charge in [-0.1, -0.05) is 0 Å². The van der Waals surface area contributed by atoms with E-state index in [4.69, 9.17) is 5.26 Å². The van der Waals surface area contributed by atoms with Crippen LogP contribution in [0.1, 0.15) is 49.3 Å². The summed E-state index contributed by atoms with van der Waals surface area (Å²) in [5, 5.41) is 11.9. The van der Waals surface area contributed by atoms with Crippen LogP contribution in [0.4, 0.5) is 0 Å². The minimum atomic E-state index is 0.541. The van der Waals surface area contributed by atoms with Gasteiger partial charge in [-0.2, -0.15) is 5.26 Å². The summed E-state index contributed by atoms with van der Waals surface area (Å²) in [4.78, 5) is 0. The summed E-state index contributed by atoms with van der Waals surface area (Å²) < 4.78 is 2.30. The zero-order valence-electron chi connectivity index (χ0n) is 10.6. The number of nitriles is 1. The fourth-order valence-electron chi connectivity index (χ4n) is 2.68. The second kappa shape index (κ2) is 5.88. The molecule has 1 atom stereocenters. The molecule has 0 radical (unpaired) electrons. The van der Waals surface area contributed by atoms with Crippen LogP contribution in [0.15, 0.2) is 12.4 Å². The predicted molar refractivity (Wildman–Crippen MR) is 68.6 cm³/mol. The number of unbranched alkanes of at least 4 members (excludes halogenated alkanes) is 2. The van der Waals surface area contributed by atoms with Gasteiger partial charge in [0.1, 0.15) is 0 Å². The molecule has 3 nitrogen and oxygen atoms in total. The van der Waals surface area contributed by atoms with E-state index in [2.05, 4.69) is 28.3 Å². The second-order valence-corrected chi connectivity index (χ2v) is 4.83. The van der Waals surface area contributed by atoms with Gasteiger partial charge in [0.2, 0.25) is 0 Å². The third-order valence-corrected chi connectivity index (χ3v) is 3.62. The van der Waals surface area contributed by atoms with Gasteiger partial charge >= 0.3 is 0 Å². The Morgan fingerprint density at radius 1 is 1.47 bits per heavy atom. The number of rotatable bonds is 5. The van der Waals surface area contributed by atoms with Crippen LogP contribution in [0.25, 0.3) is 0 Å². The number of aryl methyl sites for hydroxylation is 2. The lowest BCUT2D eigenvalue weighted by Gasteiger charge is -2.21. The Bertz CT molecular complexity index is 400. The molecule has 92 valence electrons. The highest BCUT2D eigenvalue weighted by Crippen LogP contribution is 2.30. The number of fused-ring (bicyclic) bond motifs is 1. The van der Waals surface area contributed by atoms with E-state index in [0.717, 1.165) is 19.4 Å². The van der Waals surface area contributed by atoms with Crippen LogP contribution in [0.5, 0.6) is 0 Å². The first-order chi connectivity index (χ1) is 8.35. The highest BCUT2D eigenvalue weighted by Gasteiger charge is 2.20. The van der Waals surface area contributed by atoms with Crippen molar-refractivity contribution in [1.82, 2.24) is 9.88 Å². The molecule has 0 aliphatic heterocycles. The summed E-state index contributed by atoms with van der Waals surface area (Å²) in [6, 6.07) is 2.74. The maximum absolute atomic E-state index is 8.50. The fourth-order valence-corrected chi connectivity index (χ4v) is 2.68. The molecule has 17 heavy (non-hydrogen) atoms.